The number of carbonyl (C=O) groups excluding carboxylic acids is 1. The number of hydrogen-bond acceptors (Lipinski definition) is 3. The Hall–Kier alpha value is -1.10. The van der Waals surface area contributed by atoms with E-state index in [0.29, 0.717) is 6.42 Å². The Kier molecular flexibility index (Phi) is 3.88. The van der Waals surface area contributed by atoms with Gasteiger partial charge in [0.05, 0.1) is 6.04 Å². The average molecular weight is 200 g/mol. The number of nitrogens with two attached hydrogens (primary N) is 1. The van der Waals surface area contributed by atoms with E-state index in [0.717, 1.165) is 25.9 Å². The maximum atomic E-state index is 10.8. The van der Waals surface area contributed by atoms with Crippen molar-refractivity contribution in [1.29, 1.82) is 0 Å². The highest BCUT2D eigenvalue weighted by Gasteiger charge is 2.31. The van der Waals surface area contributed by atoms with Crippen LogP contribution in [-0.4, -0.2) is 41.0 Å². The summed E-state index contributed by atoms with van der Waals surface area (Å²) >= 11 is 0. The molecule has 0 saturated carbocycles. The highest BCUT2D eigenvalue weighted by atomic mass is 16.4. The van der Waals surface area contributed by atoms with E-state index in [2.05, 4.69) is 0 Å². The third kappa shape index (κ3) is 2.99. The molecule has 0 bridgehead atoms. The van der Waals surface area contributed by atoms with Gasteiger partial charge in [-0.2, -0.15) is 0 Å². The predicted octanol–water partition coefficient (Wildman–Crippen LogP) is -0.199. The van der Waals surface area contributed by atoms with E-state index in [1.165, 1.54) is 0 Å². The van der Waals surface area contributed by atoms with Gasteiger partial charge in [-0.05, 0) is 25.8 Å². The Morgan fingerprint density at radius 1 is 1.43 bits per heavy atom. The summed E-state index contributed by atoms with van der Waals surface area (Å²) in [5, 5.41) is 8.40. The van der Waals surface area contributed by atoms with Crippen molar-refractivity contribution in [3.63, 3.8) is 0 Å². The highest BCUT2D eigenvalue weighted by molar-refractivity contribution is 5.80. The Labute approximate surface area is 82.9 Å². The minimum absolute atomic E-state index is 0.111. The molecule has 0 aliphatic carbocycles. The molecule has 80 valence electrons. The number of likely N-dealkylation sites (tertiary alicyclic amines) is 1. The summed E-state index contributed by atoms with van der Waals surface area (Å²) in [6, 6.07) is -0.111. The minimum atomic E-state index is -0.764. The smallest absolute Gasteiger partial charge is 0.303 e. The van der Waals surface area contributed by atoms with Gasteiger partial charge in [0.1, 0.15) is 0 Å². The van der Waals surface area contributed by atoms with Crippen LogP contribution in [0.2, 0.25) is 0 Å². The fourth-order valence-electron chi connectivity index (χ4n) is 1.62. The number of aliphatic carboxylic acids is 1. The van der Waals surface area contributed by atoms with Crippen LogP contribution >= 0.6 is 0 Å². The maximum Gasteiger partial charge on any atom is 0.303 e. The number of hydrogen-bond donors (Lipinski definition) is 2. The number of rotatable bonds is 6. The summed E-state index contributed by atoms with van der Waals surface area (Å²) in [5.41, 5.74) is 5.17. The second-order valence-corrected chi connectivity index (χ2v) is 3.59. The third-order valence-corrected chi connectivity index (χ3v) is 2.54. The molecule has 1 heterocycles. The minimum Gasteiger partial charge on any atom is -0.481 e. The lowest BCUT2D eigenvalue weighted by molar-refractivity contribution is -0.137. The molecule has 0 aromatic carbocycles. The van der Waals surface area contributed by atoms with E-state index in [1.54, 1.807) is 0 Å². The molecule has 1 fully saturated rings. The van der Waals surface area contributed by atoms with Crippen LogP contribution in [-0.2, 0) is 9.59 Å². The number of unbranched alkanes of at least 4 members (excludes halogenated alkanes) is 1. The number of carboxylic acids is 1. The van der Waals surface area contributed by atoms with Crippen LogP contribution in [0.5, 0.6) is 0 Å². The molecular formula is C9H16N2O3. The summed E-state index contributed by atoms with van der Waals surface area (Å²) in [5.74, 6) is -1.03. The van der Waals surface area contributed by atoms with Crippen molar-refractivity contribution >= 4 is 11.9 Å². The van der Waals surface area contributed by atoms with E-state index in [1.807, 2.05) is 4.90 Å². The zero-order chi connectivity index (χ0) is 10.6. The summed E-state index contributed by atoms with van der Waals surface area (Å²) in [6.45, 7) is 1.68. The standard InChI is InChI=1S/C9H16N2O3/c10-9(14)7-4-6-11(7)5-2-1-3-8(12)13/h7H,1-6H2,(H2,10,14)(H,12,13). The highest BCUT2D eigenvalue weighted by Crippen LogP contribution is 2.17. The Bertz CT molecular complexity index is 230. The van der Waals surface area contributed by atoms with Gasteiger partial charge in [0, 0.05) is 13.0 Å². The van der Waals surface area contributed by atoms with Crippen molar-refractivity contribution in [2.24, 2.45) is 5.73 Å². The molecule has 1 atom stereocenters. The van der Waals surface area contributed by atoms with Gasteiger partial charge in [0.15, 0.2) is 0 Å². The van der Waals surface area contributed by atoms with Gasteiger partial charge in [0.2, 0.25) is 5.91 Å². The molecule has 0 spiro atoms. The first-order valence-electron chi connectivity index (χ1n) is 4.86. The quantitative estimate of drug-likeness (QED) is 0.582. The van der Waals surface area contributed by atoms with Crippen molar-refractivity contribution in [2.75, 3.05) is 13.1 Å². The lowest BCUT2D eigenvalue weighted by atomic mass is 10.0. The Morgan fingerprint density at radius 2 is 2.14 bits per heavy atom. The molecule has 1 unspecified atom stereocenters. The number of primary amides is 1. The van der Waals surface area contributed by atoms with E-state index in [4.69, 9.17) is 10.8 Å². The number of carbonyl (C=O) groups is 2. The van der Waals surface area contributed by atoms with Gasteiger partial charge < -0.3 is 10.8 Å². The first-order chi connectivity index (χ1) is 6.61. The van der Waals surface area contributed by atoms with Crippen LogP contribution in [0.1, 0.15) is 25.7 Å². The van der Waals surface area contributed by atoms with Gasteiger partial charge in [-0.3, -0.25) is 14.5 Å². The fraction of sp³-hybridized carbons (Fsp3) is 0.778. The van der Waals surface area contributed by atoms with Crippen molar-refractivity contribution < 1.29 is 14.7 Å². The van der Waals surface area contributed by atoms with E-state index >= 15 is 0 Å². The van der Waals surface area contributed by atoms with Crippen LogP contribution < -0.4 is 5.73 Å². The molecule has 14 heavy (non-hydrogen) atoms. The van der Waals surface area contributed by atoms with Crippen LogP contribution in [0, 0.1) is 0 Å². The summed E-state index contributed by atoms with van der Waals surface area (Å²) in [6.07, 6.45) is 2.52. The molecule has 1 aliphatic rings. The Balaban J connectivity index is 2.07. The second kappa shape index (κ2) is 4.95. The molecule has 1 rings (SSSR count). The number of nitrogens with zero attached hydrogens (tertiary/aromatic N) is 1. The normalized spacial score (nSPS) is 21.6. The molecule has 3 N–H and O–H groups in total. The van der Waals surface area contributed by atoms with Gasteiger partial charge in [-0.1, -0.05) is 0 Å². The largest absolute Gasteiger partial charge is 0.481 e. The second-order valence-electron chi connectivity index (χ2n) is 3.59. The fourth-order valence-corrected chi connectivity index (χ4v) is 1.62. The van der Waals surface area contributed by atoms with Crippen molar-refractivity contribution in [3.05, 3.63) is 0 Å². The van der Waals surface area contributed by atoms with Crippen molar-refractivity contribution in [3.8, 4) is 0 Å². The van der Waals surface area contributed by atoms with Crippen LogP contribution in [0.25, 0.3) is 0 Å². The lowest BCUT2D eigenvalue weighted by Gasteiger charge is -2.38. The average Bonchev–Trinajstić information content (AvgIpc) is 1.99. The maximum absolute atomic E-state index is 10.8. The summed E-state index contributed by atoms with van der Waals surface area (Å²) < 4.78 is 0. The van der Waals surface area contributed by atoms with E-state index < -0.39 is 5.97 Å². The third-order valence-electron chi connectivity index (χ3n) is 2.54. The molecule has 5 heteroatoms. The number of carboxylic acid groups (broad SMARTS) is 1. The first-order valence-corrected chi connectivity index (χ1v) is 4.86. The monoisotopic (exact) mass is 200 g/mol. The van der Waals surface area contributed by atoms with Crippen LogP contribution in [0.15, 0.2) is 0 Å². The van der Waals surface area contributed by atoms with Gasteiger partial charge in [-0.15, -0.1) is 0 Å². The molecule has 0 aromatic heterocycles. The molecule has 0 radical (unpaired) electrons. The molecule has 1 amide bonds. The molecule has 0 aromatic rings. The van der Waals surface area contributed by atoms with E-state index in [-0.39, 0.29) is 18.4 Å². The molecule has 1 saturated heterocycles. The summed E-state index contributed by atoms with van der Waals surface area (Å²) in [4.78, 5) is 23.0. The van der Waals surface area contributed by atoms with Gasteiger partial charge in [0.25, 0.3) is 0 Å². The summed E-state index contributed by atoms with van der Waals surface area (Å²) in [7, 11) is 0. The zero-order valence-electron chi connectivity index (χ0n) is 8.11. The lowest BCUT2D eigenvalue weighted by Crippen LogP contribution is -2.54. The first kappa shape index (κ1) is 11.0. The number of amides is 1. The molecule has 5 nitrogen and oxygen atoms in total. The topological polar surface area (TPSA) is 83.6 Å². The van der Waals surface area contributed by atoms with Crippen molar-refractivity contribution in [2.45, 2.75) is 31.7 Å². The predicted molar refractivity (Wildman–Crippen MR) is 50.7 cm³/mol. The van der Waals surface area contributed by atoms with Crippen LogP contribution in [0.3, 0.4) is 0 Å². The zero-order valence-corrected chi connectivity index (χ0v) is 8.11. The van der Waals surface area contributed by atoms with Gasteiger partial charge >= 0.3 is 5.97 Å². The van der Waals surface area contributed by atoms with Gasteiger partial charge in [-0.25, -0.2) is 0 Å². The van der Waals surface area contributed by atoms with Crippen LogP contribution in [0.4, 0.5) is 0 Å². The molecule has 1 aliphatic heterocycles. The van der Waals surface area contributed by atoms with E-state index in [9.17, 15) is 9.59 Å². The Morgan fingerprint density at radius 3 is 2.57 bits per heavy atom. The SMILES string of the molecule is NC(=O)C1CCN1CCCCC(=O)O. The molecular weight excluding hydrogens is 184 g/mol. The van der Waals surface area contributed by atoms with Crippen molar-refractivity contribution in [1.82, 2.24) is 4.90 Å².